The van der Waals surface area contributed by atoms with E-state index in [0.29, 0.717) is 18.0 Å². The molecule has 3 aromatic carbocycles. The summed E-state index contributed by atoms with van der Waals surface area (Å²) in [6, 6.07) is 22.5. The molecule has 0 aromatic heterocycles. The van der Waals surface area contributed by atoms with Gasteiger partial charge in [0.1, 0.15) is 12.0 Å². The topological polar surface area (TPSA) is 63.7 Å². The molecule has 5 nitrogen and oxygen atoms in total. The van der Waals surface area contributed by atoms with E-state index in [1.54, 1.807) is 24.3 Å². The lowest BCUT2D eigenvalue weighted by atomic mass is 9.48. The van der Waals surface area contributed by atoms with Gasteiger partial charge in [0.15, 0.2) is 0 Å². The van der Waals surface area contributed by atoms with Crippen LogP contribution in [-0.2, 0) is 19.8 Å². The minimum atomic E-state index is -1.17. The normalized spacial score (nSPS) is 27.0. The van der Waals surface area contributed by atoms with E-state index in [9.17, 15) is 14.4 Å². The molecular formula is C27H21NO4. The van der Waals surface area contributed by atoms with Crippen LogP contribution in [0.2, 0.25) is 0 Å². The van der Waals surface area contributed by atoms with Gasteiger partial charge in [-0.2, -0.15) is 0 Å². The van der Waals surface area contributed by atoms with Crippen molar-refractivity contribution in [2.75, 3.05) is 11.5 Å². The Morgan fingerprint density at radius 1 is 0.875 bits per heavy atom. The van der Waals surface area contributed by atoms with Crippen LogP contribution in [0.15, 0.2) is 72.8 Å². The zero-order chi connectivity index (χ0) is 22.0. The van der Waals surface area contributed by atoms with Crippen LogP contribution >= 0.6 is 0 Å². The largest absolute Gasteiger partial charge is 0.494 e. The van der Waals surface area contributed by atoms with Gasteiger partial charge in [-0.15, -0.1) is 0 Å². The maximum atomic E-state index is 13.8. The molecule has 3 aliphatic carbocycles. The summed E-state index contributed by atoms with van der Waals surface area (Å²) in [5.74, 6) is -1.50. The summed E-state index contributed by atoms with van der Waals surface area (Å²) in [7, 11) is 0. The highest BCUT2D eigenvalue weighted by Gasteiger charge is 2.68. The van der Waals surface area contributed by atoms with Crippen LogP contribution in [0.4, 0.5) is 5.69 Å². The van der Waals surface area contributed by atoms with Gasteiger partial charge in [-0.25, -0.2) is 4.90 Å². The van der Waals surface area contributed by atoms with Crippen LogP contribution in [0, 0.1) is 11.8 Å². The van der Waals surface area contributed by atoms with Gasteiger partial charge >= 0.3 is 0 Å². The number of amides is 2. The highest BCUT2D eigenvalue weighted by Crippen LogP contribution is 2.63. The Balaban J connectivity index is 1.56. The number of imide groups is 1. The van der Waals surface area contributed by atoms with Crippen molar-refractivity contribution in [2.45, 2.75) is 18.3 Å². The van der Waals surface area contributed by atoms with Crippen molar-refractivity contribution in [3.05, 3.63) is 95.1 Å². The van der Waals surface area contributed by atoms with Gasteiger partial charge in [-0.3, -0.25) is 9.59 Å². The molecule has 0 unspecified atom stereocenters. The molecule has 0 saturated carbocycles. The Kier molecular flexibility index (Phi) is 3.94. The average molecular weight is 423 g/mol. The lowest BCUT2D eigenvalue weighted by Crippen LogP contribution is -2.54. The van der Waals surface area contributed by atoms with Crippen LogP contribution < -0.4 is 9.64 Å². The third kappa shape index (κ3) is 2.15. The van der Waals surface area contributed by atoms with Crippen LogP contribution in [0.5, 0.6) is 5.75 Å². The maximum Gasteiger partial charge on any atom is 0.239 e. The van der Waals surface area contributed by atoms with Gasteiger partial charge < -0.3 is 9.53 Å². The van der Waals surface area contributed by atoms with Crippen molar-refractivity contribution in [1.82, 2.24) is 0 Å². The summed E-state index contributed by atoms with van der Waals surface area (Å²) in [4.78, 5) is 41.8. The average Bonchev–Trinajstić information content (AvgIpc) is 3.11. The highest BCUT2D eigenvalue weighted by atomic mass is 16.5. The smallest absolute Gasteiger partial charge is 0.239 e. The molecule has 158 valence electrons. The van der Waals surface area contributed by atoms with E-state index < -0.39 is 17.3 Å². The van der Waals surface area contributed by atoms with Crippen molar-refractivity contribution in [3.8, 4) is 5.75 Å². The number of ether oxygens (including phenoxy) is 1. The fourth-order valence-electron chi connectivity index (χ4n) is 6.14. The van der Waals surface area contributed by atoms with Crippen LogP contribution in [-0.4, -0.2) is 24.7 Å². The van der Waals surface area contributed by atoms with Crippen molar-refractivity contribution >= 4 is 23.8 Å². The molecule has 1 saturated heterocycles. The van der Waals surface area contributed by atoms with E-state index >= 15 is 0 Å². The van der Waals surface area contributed by atoms with E-state index in [1.807, 2.05) is 55.5 Å². The Morgan fingerprint density at radius 2 is 1.47 bits per heavy atom. The Bertz CT molecular complexity index is 1230. The molecular weight excluding hydrogens is 402 g/mol. The van der Waals surface area contributed by atoms with E-state index in [2.05, 4.69) is 0 Å². The summed E-state index contributed by atoms with van der Waals surface area (Å²) >= 11 is 0. The quantitative estimate of drug-likeness (QED) is 0.473. The number of aldehydes is 1. The second kappa shape index (κ2) is 6.63. The fourth-order valence-corrected chi connectivity index (χ4v) is 6.14. The van der Waals surface area contributed by atoms with Crippen LogP contribution in [0.3, 0.4) is 0 Å². The fraction of sp³-hybridized carbons (Fsp3) is 0.222. The first-order valence-electron chi connectivity index (χ1n) is 10.9. The number of carbonyl (C=O) groups is 3. The van der Waals surface area contributed by atoms with Crippen LogP contribution in [0.1, 0.15) is 35.1 Å². The van der Waals surface area contributed by atoms with Crippen molar-refractivity contribution in [2.24, 2.45) is 11.8 Å². The monoisotopic (exact) mass is 423 g/mol. The Labute approximate surface area is 185 Å². The van der Waals surface area contributed by atoms with Crippen molar-refractivity contribution in [1.29, 1.82) is 0 Å². The molecule has 1 heterocycles. The summed E-state index contributed by atoms with van der Waals surface area (Å²) in [6.07, 6.45) is 0.893. The minimum absolute atomic E-state index is 0.246. The zero-order valence-corrected chi connectivity index (χ0v) is 17.5. The van der Waals surface area contributed by atoms with Gasteiger partial charge in [-0.05, 0) is 53.4 Å². The molecule has 2 bridgehead atoms. The summed E-state index contributed by atoms with van der Waals surface area (Å²) in [5, 5.41) is 0. The summed E-state index contributed by atoms with van der Waals surface area (Å²) in [5.41, 5.74) is 2.96. The number of benzene rings is 3. The third-order valence-electron chi connectivity index (χ3n) is 7.28. The lowest BCUT2D eigenvalue weighted by molar-refractivity contribution is -0.128. The molecule has 0 N–H and O–H groups in total. The second-order valence-corrected chi connectivity index (χ2v) is 8.58. The second-order valence-electron chi connectivity index (χ2n) is 8.58. The molecule has 32 heavy (non-hydrogen) atoms. The molecule has 0 spiro atoms. The van der Waals surface area contributed by atoms with E-state index in [1.165, 1.54) is 4.90 Å². The molecule has 1 fully saturated rings. The van der Waals surface area contributed by atoms with Gasteiger partial charge in [0.25, 0.3) is 0 Å². The van der Waals surface area contributed by atoms with Gasteiger partial charge in [0, 0.05) is 5.92 Å². The molecule has 0 radical (unpaired) electrons. The maximum absolute atomic E-state index is 13.8. The molecule has 1 aliphatic heterocycles. The summed E-state index contributed by atoms with van der Waals surface area (Å²) < 4.78 is 5.50. The number of rotatable bonds is 4. The molecule has 2 atom stereocenters. The van der Waals surface area contributed by atoms with Gasteiger partial charge in [-0.1, -0.05) is 48.5 Å². The van der Waals surface area contributed by atoms with Gasteiger partial charge in [0.05, 0.1) is 29.5 Å². The predicted molar refractivity (Wildman–Crippen MR) is 119 cm³/mol. The molecule has 3 aromatic rings. The van der Waals surface area contributed by atoms with Crippen molar-refractivity contribution in [3.63, 3.8) is 0 Å². The Hall–Kier alpha value is -3.73. The SMILES string of the molecule is CCOc1ccc(N2C(=O)[C@@H]3[C@@H](C2=O)C2c4ccccc4C3(C=O)c3ccccc32)cc1. The Morgan fingerprint density at radius 3 is 2.03 bits per heavy atom. The summed E-state index contributed by atoms with van der Waals surface area (Å²) in [6.45, 7) is 2.43. The first kappa shape index (κ1) is 19.0. The number of nitrogens with zero attached hydrogens (tertiary/aromatic N) is 1. The predicted octanol–water partition coefficient (Wildman–Crippen LogP) is 3.84. The third-order valence-corrected chi connectivity index (χ3v) is 7.28. The standard InChI is InChI=1S/C27H21NO4/c1-2-32-17-13-11-16(12-14-17)28-25(30)23-22-18-7-3-5-9-20(18)27(15-29,24(23)26(28)31)21-10-6-4-8-19(21)22/h3-15,22-24H,2H2,1H3/t22?,23-,24-,27?/m0/s1. The first-order valence-corrected chi connectivity index (χ1v) is 10.9. The highest BCUT2D eigenvalue weighted by molar-refractivity contribution is 6.24. The lowest BCUT2D eigenvalue weighted by Gasteiger charge is -2.51. The molecule has 7 rings (SSSR count). The first-order chi connectivity index (χ1) is 15.6. The zero-order valence-electron chi connectivity index (χ0n) is 17.5. The molecule has 4 aliphatic rings. The minimum Gasteiger partial charge on any atom is -0.494 e. The number of hydrogen-bond acceptors (Lipinski definition) is 4. The molecule has 5 heteroatoms. The van der Waals surface area contributed by atoms with Crippen molar-refractivity contribution < 1.29 is 19.1 Å². The van der Waals surface area contributed by atoms with E-state index in [4.69, 9.17) is 4.74 Å². The number of hydrogen-bond donors (Lipinski definition) is 0. The van der Waals surface area contributed by atoms with E-state index in [0.717, 1.165) is 28.5 Å². The van der Waals surface area contributed by atoms with E-state index in [-0.39, 0.29) is 17.7 Å². The van der Waals surface area contributed by atoms with Gasteiger partial charge in [0.2, 0.25) is 11.8 Å². The number of anilines is 1. The molecule has 2 amide bonds. The van der Waals surface area contributed by atoms with Crippen LogP contribution in [0.25, 0.3) is 0 Å². The number of carbonyl (C=O) groups excluding carboxylic acids is 3.